The quantitative estimate of drug-likeness (QED) is 0.369. The predicted molar refractivity (Wildman–Crippen MR) is 155 cm³/mol. The molecule has 2 aromatic carbocycles. The Morgan fingerprint density at radius 1 is 1.05 bits per heavy atom. The molecule has 0 saturated carbocycles. The molecule has 2 aliphatic heterocycles. The Hall–Kier alpha value is -4.19. The molecule has 1 N–H and O–H groups in total. The first-order valence-electron chi connectivity index (χ1n) is 13.4. The summed E-state index contributed by atoms with van der Waals surface area (Å²) >= 11 is 0. The number of methoxy groups -OCH3 is 1. The predicted octanol–water partition coefficient (Wildman–Crippen LogP) is 4.05. The number of anilines is 3. The number of hydrogen-bond acceptors (Lipinski definition) is 7. The Balaban J connectivity index is 1.16. The average molecular weight is 521 g/mol. The second kappa shape index (κ2) is 10.9. The molecule has 6 rings (SSSR count). The van der Waals surface area contributed by atoms with Gasteiger partial charge in [0, 0.05) is 74.5 Å². The third-order valence-electron chi connectivity index (χ3n) is 7.79. The van der Waals surface area contributed by atoms with E-state index in [0.717, 1.165) is 31.1 Å². The third kappa shape index (κ3) is 5.11. The maximum Gasteiger partial charge on any atom is 0.258 e. The SMILES string of the molecule is C#Cc1cc(=O)n(-c2ccccc2)c2nc(Nc3ccc(N4CCC(N5CC(COC)C5)CC4)cc3)ncc12. The highest BCUT2D eigenvalue weighted by Crippen LogP contribution is 2.29. The van der Waals surface area contributed by atoms with Gasteiger partial charge in [-0.3, -0.25) is 14.3 Å². The number of likely N-dealkylation sites (tertiary alicyclic amines) is 1. The molecule has 4 heterocycles. The van der Waals surface area contributed by atoms with E-state index in [1.165, 1.54) is 37.7 Å². The highest BCUT2D eigenvalue weighted by molar-refractivity contribution is 5.84. The van der Waals surface area contributed by atoms with Crippen molar-refractivity contribution in [3.05, 3.63) is 82.8 Å². The van der Waals surface area contributed by atoms with Crippen LogP contribution in [0.25, 0.3) is 16.7 Å². The zero-order valence-corrected chi connectivity index (χ0v) is 22.1. The molecule has 8 nitrogen and oxygen atoms in total. The maximum absolute atomic E-state index is 13.0. The summed E-state index contributed by atoms with van der Waals surface area (Å²) in [5, 5.41) is 3.94. The highest BCUT2D eigenvalue weighted by atomic mass is 16.5. The smallest absolute Gasteiger partial charge is 0.258 e. The number of pyridine rings is 1. The van der Waals surface area contributed by atoms with Gasteiger partial charge in [-0.2, -0.15) is 4.98 Å². The Morgan fingerprint density at radius 2 is 1.79 bits per heavy atom. The molecular formula is C31H32N6O2. The van der Waals surface area contributed by atoms with Crippen LogP contribution in [0, 0.1) is 18.3 Å². The van der Waals surface area contributed by atoms with E-state index in [2.05, 4.69) is 38.2 Å². The van der Waals surface area contributed by atoms with Crippen molar-refractivity contribution in [3.63, 3.8) is 0 Å². The van der Waals surface area contributed by atoms with Crippen molar-refractivity contribution >= 4 is 28.4 Å². The van der Waals surface area contributed by atoms with Crippen molar-refractivity contribution in [1.29, 1.82) is 0 Å². The Kier molecular flexibility index (Phi) is 7.01. The van der Waals surface area contributed by atoms with Gasteiger partial charge in [0.05, 0.1) is 17.7 Å². The van der Waals surface area contributed by atoms with Gasteiger partial charge in [-0.15, -0.1) is 6.42 Å². The van der Waals surface area contributed by atoms with Crippen molar-refractivity contribution < 1.29 is 4.74 Å². The van der Waals surface area contributed by atoms with E-state index in [1.54, 1.807) is 17.9 Å². The summed E-state index contributed by atoms with van der Waals surface area (Å²) in [6, 6.07) is 19.9. The molecule has 4 aromatic rings. The molecule has 2 aliphatic rings. The second-order valence-corrected chi connectivity index (χ2v) is 10.3. The summed E-state index contributed by atoms with van der Waals surface area (Å²) in [7, 11) is 1.79. The van der Waals surface area contributed by atoms with Crippen LogP contribution in [0.2, 0.25) is 0 Å². The van der Waals surface area contributed by atoms with Crippen LogP contribution in [0.5, 0.6) is 0 Å². The first-order chi connectivity index (χ1) is 19.1. The van der Waals surface area contributed by atoms with Gasteiger partial charge in [-0.05, 0) is 49.2 Å². The molecule has 0 aliphatic carbocycles. The standard InChI is InChI=1S/C31H32N6O2/c1-3-23-17-29(38)37(27-7-5-4-6-8-27)30-28(23)18-32-31(34-30)33-24-9-11-25(12-10-24)35-15-13-26(14-16-35)36-19-22(20-36)21-39-2/h1,4-12,17-18,22,26H,13-16,19-21H2,2H3,(H,32,33,34). The number of hydrogen-bond donors (Lipinski definition) is 1. The van der Waals surface area contributed by atoms with Crippen LogP contribution in [-0.4, -0.2) is 65.4 Å². The monoisotopic (exact) mass is 520 g/mol. The van der Waals surface area contributed by atoms with Crippen molar-refractivity contribution in [2.24, 2.45) is 5.92 Å². The molecule has 8 heteroatoms. The minimum absolute atomic E-state index is 0.233. The number of para-hydroxylation sites is 1. The largest absolute Gasteiger partial charge is 0.384 e. The fraction of sp³-hybridized carbons (Fsp3) is 0.323. The van der Waals surface area contributed by atoms with Crippen LogP contribution < -0.4 is 15.8 Å². The van der Waals surface area contributed by atoms with Crippen LogP contribution in [0.3, 0.4) is 0 Å². The van der Waals surface area contributed by atoms with Gasteiger partial charge in [0.15, 0.2) is 5.65 Å². The molecule has 0 unspecified atom stereocenters. The van der Waals surface area contributed by atoms with E-state index < -0.39 is 0 Å². The lowest BCUT2D eigenvalue weighted by atomic mass is 9.93. The normalized spacial score (nSPS) is 16.7. The second-order valence-electron chi connectivity index (χ2n) is 10.3. The molecule has 2 saturated heterocycles. The lowest BCUT2D eigenvalue weighted by molar-refractivity contribution is -0.000660. The summed E-state index contributed by atoms with van der Waals surface area (Å²) in [6.07, 6.45) is 9.73. The summed E-state index contributed by atoms with van der Waals surface area (Å²) in [5.74, 6) is 3.69. The van der Waals surface area contributed by atoms with Crippen LogP contribution in [0.4, 0.5) is 17.3 Å². The Labute approximate surface area is 228 Å². The van der Waals surface area contributed by atoms with E-state index in [-0.39, 0.29) is 5.56 Å². The number of terminal acetylenes is 1. The summed E-state index contributed by atoms with van der Waals surface area (Å²) in [4.78, 5) is 27.2. The van der Waals surface area contributed by atoms with Gasteiger partial charge in [-0.25, -0.2) is 4.98 Å². The molecule has 0 atom stereocenters. The molecular weight excluding hydrogens is 488 g/mol. The zero-order valence-electron chi connectivity index (χ0n) is 22.1. The number of piperidine rings is 1. The lowest BCUT2D eigenvalue weighted by Crippen LogP contribution is -2.56. The molecule has 0 radical (unpaired) electrons. The molecule has 0 bridgehead atoms. The first-order valence-corrected chi connectivity index (χ1v) is 13.4. The molecule has 0 amide bonds. The fourth-order valence-corrected chi connectivity index (χ4v) is 5.73. The Bertz CT molecular complexity index is 1550. The number of fused-ring (bicyclic) bond motifs is 1. The van der Waals surface area contributed by atoms with Crippen molar-refractivity contribution in [2.45, 2.75) is 18.9 Å². The fourth-order valence-electron chi connectivity index (χ4n) is 5.73. The molecule has 2 fully saturated rings. The minimum atomic E-state index is -0.233. The van der Waals surface area contributed by atoms with E-state index in [0.29, 0.717) is 34.5 Å². The van der Waals surface area contributed by atoms with Crippen LogP contribution in [0.1, 0.15) is 18.4 Å². The van der Waals surface area contributed by atoms with E-state index in [1.807, 2.05) is 42.5 Å². The minimum Gasteiger partial charge on any atom is -0.384 e. The van der Waals surface area contributed by atoms with E-state index in [9.17, 15) is 4.79 Å². The number of nitrogens with one attached hydrogen (secondary N) is 1. The van der Waals surface area contributed by atoms with Crippen molar-refractivity contribution in [3.8, 4) is 18.0 Å². The average Bonchev–Trinajstić information content (AvgIpc) is 2.95. The van der Waals surface area contributed by atoms with Gasteiger partial charge in [0.1, 0.15) is 0 Å². The highest BCUT2D eigenvalue weighted by Gasteiger charge is 2.33. The van der Waals surface area contributed by atoms with E-state index in [4.69, 9.17) is 16.1 Å². The van der Waals surface area contributed by atoms with Crippen LogP contribution in [0.15, 0.2) is 71.7 Å². The number of ether oxygens (including phenoxy) is 1. The third-order valence-corrected chi connectivity index (χ3v) is 7.79. The van der Waals surface area contributed by atoms with Gasteiger partial charge < -0.3 is 15.0 Å². The zero-order chi connectivity index (χ0) is 26.8. The van der Waals surface area contributed by atoms with Gasteiger partial charge >= 0.3 is 0 Å². The van der Waals surface area contributed by atoms with E-state index >= 15 is 0 Å². The summed E-state index contributed by atoms with van der Waals surface area (Å²) < 4.78 is 6.85. The molecule has 198 valence electrons. The number of rotatable bonds is 7. The van der Waals surface area contributed by atoms with Gasteiger partial charge in [0.25, 0.3) is 5.56 Å². The molecule has 39 heavy (non-hydrogen) atoms. The first kappa shape index (κ1) is 25.1. The summed E-state index contributed by atoms with van der Waals surface area (Å²) in [6.45, 7) is 5.33. The number of nitrogens with zero attached hydrogens (tertiary/aromatic N) is 5. The number of aromatic nitrogens is 3. The summed E-state index contributed by atoms with van der Waals surface area (Å²) in [5.41, 5.74) is 3.52. The lowest BCUT2D eigenvalue weighted by Gasteiger charge is -2.47. The van der Waals surface area contributed by atoms with Gasteiger partial charge in [0.2, 0.25) is 5.95 Å². The van der Waals surface area contributed by atoms with Gasteiger partial charge in [-0.1, -0.05) is 24.1 Å². The maximum atomic E-state index is 13.0. The topological polar surface area (TPSA) is 75.5 Å². The molecule has 0 spiro atoms. The van der Waals surface area contributed by atoms with Crippen molar-refractivity contribution in [2.75, 3.05) is 50.1 Å². The van der Waals surface area contributed by atoms with Crippen molar-refractivity contribution in [1.82, 2.24) is 19.4 Å². The molecule has 2 aromatic heterocycles. The van der Waals surface area contributed by atoms with Crippen LogP contribution >= 0.6 is 0 Å². The Morgan fingerprint density at radius 3 is 2.49 bits per heavy atom. The number of benzene rings is 2. The van der Waals surface area contributed by atoms with Crippen LogP contribution in [-0.2, 0) is 4.74 Å².